The Hall–Kier alpha value is -0.330. The molecule has 0 saturated heterocycles. The van der Waals surface area contributed by atoms with Crippen LogP contribution in [0.15, 0.2) is 0 Å². The molecule has 2 rings (SSSR count). The van der Waals surface area contributed by atoms with E-state index >= 15 is 0 Å². The number of Topliss-reactive ketones (excluding diaryl/α,β-unsaturated/α-hetero) is 1. The summed E-state index contributed by atoms with van der Waals surface area (Å²) >= 11 is 0. The summed E-state index contributed by atoms with van der Waals surface area (Å²) in [4.78, 5) is 11.4. The van der Waals surface area contributed by atoms with Crippen LogP contribution in [-0.2, 0) is 4.79 Å². The van der Waals surface area contributed by atoms with Crippen LogP contribution in [0.3, 0.4) is 0 Å². The number of hydrogen-bond acceptors (Lipinski definition) is 1. The van der Waals surface area contributed by atoms with Crippen LogP contribution in [0.2, 0.25) is 0 Å². The van der Waals surface area contributed by atoms with Gasteiger partial charge in [-0.2, -0.15) is 0 Å². The Bertz CT molecular complexity index is 162. The van der Waals surface area contributed by atoms with E-state index in [0.29, 0.717) is 17.6 Å². The van der Waals surface area contributed by atoms with Gasteiger partial charge in [0.25, 0.3) is 0 Å². The van der Waals surface area contributed by atoms with Gasteiger partial charge >= 0.3 is 0 Å². The zero-order valence-corrected chi connectivity index (χ0v) is 6.47. The van der Waals surface area contributed by atoms with Crippen molar-refractivity contribution in [3.8, 4) is 0 Å². The van der Waals surface area contributed by atoms with E-state index in [9.17, 15) is 4.79 Å². The largest absolute Gasteiger partial charge is 0.299 e. The second kappa shape index (κ2) is 2.08. The molecule has 0 aromatic heterocycles. The van der Waals surface area contributed by atoms with E-state index in [1.807, 2.05) is 0 Å². The molecule has 1 nitrogen and oxygen atoms in total. The van der Waals surface area contributed by atoms with Crippen molar-refractivity contribution in [1.29, 1.82) is 0 Å². The molecule has 0 N–H and O–H groups in total. The molecule has 0 aromatic carbocycles. The fraction of sp³-hybridized carbons (Fsp3) is 0.889. The first-order valence-electron chi connectivity index (χ1n) is 4.36. The molecule has 2 aliphatic carbocycles. The van der Waals surface area contributed by atoms with Gasteiger partial charge in [-0.25, -0.2) is 0 Å². The zero-order valence-electron chi connectivity index (χ0n) is 6.47. The van der Waals surface area contributed by atoms with Crippen molar-refractivity contribution in [2.45, 2.75) is 32.6 Å². The summed E-state index contributed by atoms with van der Waals surface area (Å²) in [5.41, 5.74) is 0. The average Bonchev–Trinajstić information content (AvgIpc) is 2.46. The summed E-state index contributed by atoms with van der Waals surface area (Å²) in [5.74, 6) is 2.30. The molecule has 3 atom stereocenters. The molecule has 0 spiro atoms. The summed E-state index contributed by atoms with van der Waals surface area (Å²) in [7, 11) is 0. The number of rotatable bonds is 1. The summed E-state index contributed by atoms with van der Waals surface area (Å²) in [6, 6.07) is 0. The number of fused-ring (bicyclic) bond motifs is 2. The highest BCUT2D eigenvalue weighted by molar-refractivity contribution is 5.86. The van der Waals surface area contributed by atoms with E-state index in [2.05, 4.69) is 6.92 Å². The SMILES string of the molecule is CC[C@H]1C(=O)[C@@H]2CC[C@H]1C2. The van der Waals surface area contributed by atoms with E-state index in [0.717, 1.165) is 12.3 Å². The van der Waals surface area contributed by atoms with E-state index in [-0.39, 0.29) is 0 Å². The number of carbonyl (C=O) groups excluding carboxylic acids is 1. The Morgan fingerprint density at radius 1 is 1.50 bits per heavy atom. The highest BCUT2D eigenvalue weighted by Crippen LogP contribution is 2.46. The molecular weight excluding hydrogens is 124 g/mol. The van der Waals surface area contributed by atoms with Gasteiger partial charge in [0.05, 0.1) is 0 Å². The van der Waals surface area contributed by atoms with Crippen molar-refractivity contribution in [3.05, 3.63) is 0 Å². The van der Waals surface area contributed by atoms with Gasteiger partial charge in [-0.3, -0.25) is 4.79 Å². The van der Waals surface area contributed by atoms with Crippen molar-refractivity contribution in [2.75, 3.05) is 0 Å². The molecule has 2 fully saturated rings. The van der Waals surface area contributed by atoms with Crippen LogP contribution in [0.4, 0.5) is 0 Å². The van der Waals surface area contributed by atoms with Crippen LogP contribution < -0.4 is 0 Å². The van der Waals surface area contributed by atoms with Gasteiger partial charge in [0.1, 0.15) is 5.78 Å². The number of carbonyl (C=O) groups is 1. The first-order chi connectivity index (χ1) is 4.83. The molecule has 2 saturated carbocycles. The fourth-order valence-corrected chi connectivity index (χ4v) is 2.71. The summed E-state index contributed by atoms with van der Waals surface area (Å²) < 4.78 is 0. The summed E-state index contributed by atoms with van der Waals surface area (Å²) in [6.07, 6.45) is 4.83. The van der Waals surface area contributed by atoms with E-state index in [1.54, 1.807) is 0 Å². The van der Waals surface area contributed by atoms with Gasteiger partial charge in [0.2, 0.25) is 0 Å². The summed E-state index contributed by atoms with van der Waals surface area (Å²) in [5, 5.41) is 0. The van der Waals surface area contributed by atoms with Gasteiger partial charge in [0.15, 0.2) is 0 Å². The van der Waals surface area contributed by atoms with Crippen LogP contribution in [0.5, 0.6) is 0 Å². The minimum atomic E-state index is 0.457. The second-order valence-electron chi connectivity index (χ2n) is 3.69. The Labute approximate surface area is 61.8 Å². The second-order valence-corrected chi connectivity index (χ2v) is 3.69. The normalized spacial score (nSPS) is 44.9. The number of hydrogen-bond donors (Lipinski definition) is 0. The highest BCUT2D eigenvalue weighted by atomic mass is 16.1. The maximum absolute atomic E-state index is 11.4. The fourth-order valence-electron chi connectivity index (χ4n) is 2.71. The molecule has 0 heterocycles. The minimum absolute atomic E-state index is 0.457. The van der Waals surface area contributed by atoms with Crippen LogP contribution in [0.25, 0.3) is 0 Å². The topological polar surface area (TPSA) is 17.1 Å². The minimum Gasteiger partial charge on any atom is -0.299 e. The predicted molar refractivity (Wildman–Crippen MR) is 39.6 cm³/mol. The molecule has 0 aromatic rings. The molecule has 2 bridgehead atoms. The van der Waals surface area contributed by atoms with Gasteiger partial charge in [0, 0.05) is 11.8 Å². The van der Waals surface area contributed by atoms with Crippen molar-refractivity contribution in [2.24, 2.45) is 17.8 Å². The van der Waals surface area contributed by atoms with E-state index in [4.69, 9.17) is 0 Å². The third kappa shape index (κ3) is 0.664. The third-order valence-electron chi connectivity index (χ3n) is 3.25. The smallest absolute Gasteiger partial charge is 0.139 e. The van der Waals surface area contributed by atoms with Crippen molar-refractivity contribution < 1.29 is 4.79 Å². The maximum atomic E-state index is 11.4. The van der Waals surface area contributed by atoms with E-state index in [1.165, 1.54) is 19.3 Å². The molecule has 0 amide bonds. The lowest BCUT2D eigenvalue weighted by Gasteiger charge is -2.17. The van der Waals surface area contributed by atoms with Crippen LogP contribution in [0.1, 0.15) is 32.6 Å². The molecule has 2 aliphatic rings. The molecule has 0 unspecified atom stereocenters. The van der Waals surface area contributed by atoms with Gasteiger partial charge in [-0.05, 0) is 31.6 Å². The predicted octanol–water partition coefficient (Wildman–Crippen LogP) is 2.01. The Morgan fingerprint density at radius 3 is 2.70 bits per heavy atom. The average molecular weight is 138 g/mol. The van der Waals surface area contributed by atoms with Gasteiger partial charge in [-0.1, -0.05) is 6.92 Å². The lowest BCUT2D eigenvalue weighted by atomic mass is 9.86. The highest BCUT2D eigenvalue weighted by Gasteiger charge is 2.45. The first-order valence-corrected chi connectivity index (χ1v) is 4.36. The molecular formula is C9H14O. The van der Waals surface area contributed by atoms with Crippen LogP contribution in [-0.4, -0.2) is 5.78 Å². The lowest BCUT2D eigenvalue weighted by molar-refractivity contribution is -0.125. The Balaban J connectivity index is 2.17. The van der Waals surface area contributed by atoms with Gasteiger partial charge < -0.3 is 0 Å². The monoisotopic (exact) mass is 138 g/mol. The molecule has 0 aliphatic heterocycles. The van der Waals surface area contributed by atoms with Crippen molar-refractivity contribution in [1.82, 2.24) is 0 Å². The Morgan fingerprint density at radius 2 is 2.30 bits per heavy atom. The maximum Gasteiger partial charge on any atom is 0.139 e. The summed E-state index contributed by atoms with van der Waals surface area (Å²) in [6.45, 7) is 2.14. The molecule has 56 valence electrons. The lowest BCUT2D eigenvalue weighted by Crippen LogP contribution is -2.20. The van der Waals surface area contributed by atoms with Crippen molar-refractivity contribution in [3.63, 3.8) is 0 Å². The quantitative estimate of drug-likeness (QED) is 0.541. The number of ketones is 1. The van der Waals surface area contributed by atoms with Crippen LogP contribution >= 0.6 is 0 Å². The molecule has 0 radical (unpaired) electrons. The Kier molecular flexibility index (Phi) is 1.33. The van der Waals surface area contributed by atoms with Crippen molar-refractivity contribution >= 4 is 5.78 Å². The molecule has 1 heteroatoms. The standard InChI is InChI=1S/C9H14O/c1-2-8-6-3-4-7(5-6)9(8)10/h6-8H,2-5H2,1H3/t6-,7+,8+/m0/s1. The van der Waals surface area contributed by atoms with Crippen LogP contribution in [0, 0.1) is 17.8 Å². The third-order valence-corrected chi connectivity index (χ3v) is 3.25. The molecule has 10 heavy (non-hydrogen) atoms. The zero-order chi connectivity index (χ0) is 7.14. The van der Waals surface area contributed by atoms with Gasteiger partial charge in [-0.15, -0.1) is 0 Å². The first kappa shape index (κ1) is 6.38. The van der Waals surface area contributed by atoms with E-state index < -0.39 is 0 Å².